The molecule has 1 amide bonds. The molecule has 23 heavy (non-hydrogen) atoms. The maximum Gasteiger partial charge on any atom is 0.407 e. The van der Waals surface area contributed by atoms with Crippen molar-refractivity contribution in [3.8, 4) is 0 Å². The molecule has 0 aromatic heterocycles. The lowest BCUT2D eigenvalue weighted by atomic mass is 10.2. The summed E-state index contributed by atoms with van der Waals surface area (Å²) in [5, 5.41) is 2.58. The quantitative estimate of drug-likeness (QED) is 0.588. The fourth-order valence-corrected chi connectivity index (χ4v) is 1.65. The van der Waals surface area contributed by atoms with E-state index in [1.165, 1.54) is 0 Å². The van der Waals surface area contributed by atoms with Crippen molar-refractivity contribution in [3.05, 3.63) is 35.9 Å². The summed E-state index contributed by atoms with van der Waals surface area (Å²) in [6.07, 6.45) is -0.306. The molecule has 0 aliphatic rings. The minimum atomic E-state index is -0.496. The number of rotatable bonds is 8. The van der Waals surface area contributed by atoms with Crippen molar-refractivity contribution in [2.75, 3.05) is 19.8 Å². The van der Waals surface area contributed by atoms with Gasteiger partial charge in [-0.25, -0.2) is 4.79 Å². The van der Waals surface area contributed by atoms with Gasteiger partial charge in [0.15, 0.2) is 0 Å². The molecule has 1 rings (SSSR count). The molecule has 0 spiro atoms. The van der Waals surface area contributed by atoms with Crippen molar-refractivity contribution >= 4 is 12.1 Å². The van der Waals surface area contributed by atoms with Gasteiger partial charge in [-0.2, -0.15) is 0 Å². The van der Waals surface area contributed by atoms with Gasteiger partial charge in [0.2, 0.25) is 0 Å². The van der Waals surface area contributed by atoms with Crippen LogP contribution in [-0.4, -0.2) is 37.4 Å². The van der Waals surface area contributed by atoms with Crippen LogP contribution in [0.4, 0.5) is 4.79 Å². The van der Waals surface area contributed by atoms with E-state index < -0.39 is 11.7 Å². The Hall–Kier alpha value is -2.08. The zero-order chi connectivity index (χ0) is 17.1. The van der Waals surface area contributed by atoms with E-state index >= 15 is 0 Å². The van der Waals surface area contributed by atoms with E-state index in [0.717, 1.165) is 5.56 Å². The predicted octanol–water partition coefficient (Wildman–Crippen LogP) is 2.66. The number of carbonyl (C=O) groups excluding carboxylic acids is 2. The van der Waals surface area contributed by atoms with Gasteiger partial charge in [-0.05, 0) is 26.3 Å². The minimum absolute atomic E-state index is 0.190. The lowest BCUT2D eigenvalue weighted by Crippen LogP contribution is -2.28. The molecule has 0 fully saturated rings. The summed E-state index contributed by atoms with van der Waals surface area (Å²) >= 11 is 0. The number of ether oxygens (including phenoxy) is 3. The van der Waals surface area contributed by atoms with Gasteiger partial charge in [-0.3, -0.25) is 4.79 Å². The summed E-state index contributed by atoms with van der Waals surface area (Å²) in [7, 11) is 0. The summed E-state index contributed by atoms with van der Waals surface area (Å²) in [6, 6.07) is 9.43. The normalized spacial score (nSPS) is 10.9. The highest BCUT2D eigenvalue weighted by Gasteiger charge is 2.15. The summed E-state index contributed by atoms with van der Waals surface area (Å²) < 4.78 is 15.5. The molecule has 6 heteroatoms. The summed E-state index contributed by atoms with van der Waals surface area (Å²) in [4.78, 5) is 22.9. The molecule has 0 unspecified atom stereocenters. The van der Waals surface area contributed by atoms with Crippen molar-refractivity contribution in [1.29, 1.82) is 0 Å². The lowest BCUT2D eigenvalue weighted by molar-refractivity contribution is -0.156. The Labute approximate surface area is 137 Å². The fraction of sp³-hybridized carbons (Fsp3) is 0.529. The van der Waals surface area contributed by atoms with Gasteiger partial charge >= 0.3 is 12.1 Å². The maximum atomic E-state index is 11.5. The second-order valence-electron chi connectivity index (χ2n) is 5.94. The number of amides is 1. The highest BCUT2D eigenvalue weighted by Crippen LogP contribution is 2.08. The Morgan fingerprint density at radius 2 is 1.78 bits per heavy atom. The van der Waals surface area contributed by atoms with Crippen LogP contribution >= 0.6 is 0 Å². The Balaban J connectivity index is 2.00. The molecular weight excluding hydrogens is 298 g/mol. The van der Waals surface area contributed by atoms with Crippen molar-refractivity contribution in [2.45, 2.75) is 39.4 Å². The molecule has 1 aromatic carbocycles. The Morgan fingerprint density at radius 3 is 2.43 bits per heavy atom. The third-order valence-electron chi connectivity index (χ3n) is 2.60. The SMILES string of the molecule is CC(C)(C)OC(=O)CCOCCNC(=O)OCc1ccccc1. The van der Waals surface area contributed by atoms with E-state index in [2.05, 4.69) is 5.32 Å². The van der Waals surface area contributed by atoms with Crippen LogP contribution in [0.15, 0.2) is 30.3 Å². The van der Waals surface area contributed by atoms with Gasteiger partial charge in [0.25, 0.3) is 0 Å². The Bertz CT molecular complexity index is 482. The third kappa shape index (κ3) is 10.3. The zero-order valence-corrected chi connectivity index (χ0v) is 14.0. The first kappa shape index (κ1) is 19.0. The molecule has 0 radical (unpaired) electrons. The minimum Gasteiger partial charge on any atom is -0.460 e. The first-order chi connectivity index (χ1) is 10.9. The largest absolute Gasteiger partial charge is 0.460 e. The topological polar surface area (TPSA) is 73.9 Å². The molecule has 0 aliphatic carbocycles. The molecule has 0 heterocycles. The van der Waals surface area contributed by atoms with Crippen LogP contribution in [0.3, 0.4) is 0 Å². The molecule has 0 aliphatic heterocycles. The Kier molecular flexibility index (Phi) is 8.11. The van der Waals surface area contributed by atoms with Crippen molar-refractivity contribution in [2.24, 2.45) is 0 Å². The van der Waals surface area contributed by atoms with Crippen molar-refractivity contribution in [1.82, 2.24) is 5.32 Å². The number of esters is 1. The number of alkyl carbamates (subject to hydrolysis) is 1. The monoisotopic (exact) mass is 323 g/mol. The number of carbonyl (C=O) groups is 2. The molecule has 1 aromatic rings. The molecule has 128 valence electrons. The van der Waals surface area contributed by atoms with Gasteiger partial charge in [-0.15, -0.1) is 0 Å². The van der Waals surface area contributed by atoms with Crippen molar-refractivity contribution < 1.29 is 23.8 Å². The van der Waals surface area contributed by atoms with Gasteiger partial charge in [0.1, 0.15) is 12.2 Å². The summed E-state index contributed by atoms with van der Waals surface area (Å²) in [5.41, 5.74) is 0.442. The molecule has 1 N–H and O–H groups in total. The predicted molar refractivity (Wildman–Crippen MR) is 85.9 cm³/mol. The number of nitrogens with one attached hydrogen (secondary N) is 1. The second-order valence-corrected chi connectivity index (χ2v) is 5.94. The van der Waals surface area contributed by atoms with Gasteiger partial charge in [0, 0.05) is 6.54 Å². The van der Waals surface area contributed by atoms with E-state index in [1.54, 1.807) is 0 Å². The molecule has 0 bridgehead atoms. The average molecular weight is 323 g/mol. The van der Waals surface area contributed by atoms with Crippen LogP contribution < -0.4 is 5.32 Å². The van der Waals surface area contributed by atoms with E-state index in [-0.39, 0.29) is 25.6 Å². The van der Waals surface area contributed by atoms with Crippen LogP contribution in [0.25, 0.3) is 0 Å². The molecular formula is C17H25NO5. The molecule has 0 saturated carbocycles. The van der Waals surface area contributed by atoms with Gasteiger partial charge in [-0.1, -0.05) is 30.3 Å². The van der Waals surface area contributed by atoms with E-state index in [4.69, 9.17) is 14.2 Å². The van der Waals surface area contributed by atoms with Crippen LogP contribution in [0.1, 0.15) is 32.8 Å². The maximum absolute atomic E-state index is 11.5. The molecule has 0 saturated heterocycles. The highest BCUT2D eigenvalue weighted by molar-refractivity contribution is 5.69. The van der Waals surface area contributed by atoms with Crippen LogP contribution in [0.2, 0.25) is 0 Å². The first-order valence-electron chi connectivity index (χ1n) is 7.61. The smallest absolute Gasteiger partial charge is 0.407 e. The summed E-state index contributed by atoms with van der Waals surface area (Å²) in [5.74, 6) is -0.298. The number of hydrogen-bond donors (Lipinski definition) is 1. The second kappa shape index (κ2) is 9.84. The molecule has 6 nitrogen and oxygen atoms in total. The fourth-order valence-electron chi connectivity index (χ4n) is 1.65. The average Bonchev–Trinajstić information content (AvgIpc) is 2.48. The van der Waals surface area contributed by atoms with Gasteiger partial charge < -0.3 is 19.5 Å². The molecule has 0 atom stereocenters. The summed E-state index contributed by atoms with van der Waals surface area (Å²) in [6.45, 7) is 6.57. The van der Waals surface area contributed by atoms with Crippen LogP contribution in [-0.2, 0) is 25.6 Å². The number of hydrogen-bond acceptors (Lipinski definition) is 5. The van der Waals surface area contributed by atoms with Crippen LogP contribution in [0, 0.1) is 0 Å². The third-order valence-corrected chi connectivity index (χ3v) is 2.60. The zero-order valence-electron chi connectivity index (χ0n) is 14.0. The van der Waals surface area contributed by atoms with E-state index in [1.807, 2.05) is 51.1 Å². The number of benzene rings is 1. The highest BCUT2D eigenvalue weighted by atomic mass is 16.6. The van der Waals surface area contributed by atoms with Crippen LogP contribution in [0.5, 0.6) is 0 Å². The van der Waals surface area contributed by atoms with Crippen molar-refractivity contribution in [3.63, 3.8) is 0 Å². The van der Waals surface area contributed by atoms with E-state index in [0.29, 0.717) is 13.2 Å². The first-order valence-corrected chi connectivity index (χ1v) is 7.61. The van der Waals surface area contributed by atoms with Gasteiger partial charge in [0.05, 0.1) is 19.6 Å². The Morgan fingerprint density at radius 1 is 1.09 bits per heavy atom. The standard InChI is InChI=1S/C17H25NO5/c1-17(2,3)23-15(19)9-11-21-12-10-18-16(20)22-13-14-7-5-4-6-8-14/h4-8H,9-13H2,1-3H3,(H,18,20). The van der Waals surface area contributed by atoms with E-state index in [9.17, 15) is 9.59 Å². The lowest BCUT2D eigenvalue weighted by Gasteiger charge is -2.19.